The molecule has 5 nitrogen and oxygen atoms in total. The van der Waals surface area contributed by atoms with E-state index in [4.69, 9.17) is 11.6 Å². The van der Waals surface area contributed by atoms with Gasteiger partial charge in [-0.2, -0.15) is 13.2 Å². The highest BCUT2D eigenvalue weighted by Crippen LogP contribution is 2.36. The van der Waals surface area contributed by atoms with Gasteiger partial charge in [-0.15, -0.1) is 0 Å². The summed E-state index contributed by atoms with van der Waals surface area (Å²) < 4.78 is 64.4. The van der Waals surface area contributed by atoms with Crippen LogP contribution in [0.15, 0.2) is 42.5 Å². The summed E-state index contributed by atoms with van der Waals surface area (Å²) in [5.41, 5.74) is 0.611. The standard InChI is InChI=1S/C20H20ClF3N2O3S/c1-30(28,29)26(18-11-14(20(22,23)24)9-10-16(18)21)12-19(27)25-17-8-4-6-13-5-2-3-7-15(13)17/h2-3,5,7,9-11,17H,4,6,8,12H2,1H3,(H,25,27)/t17-/m1/s1. The van der Waals surface area contributed by atoms with Gasteiger partial charge in [0.15, 0.2) is 0 Å². The predicted molar refractivity (Wildman–Crippen MR) is 109 cm³/mol. The van der Waals surface area contributed by atoms with Crippen LogP contribution in [0.1, 0.15) is 35.6 Å². The molecule has 0 spiro atoms. The molecule has 30 heavy (non-hydrogen) atoms. The second kappa shape index (κ2) is 8.47. The number of anilines is 1. The van der Waals surface area contributed by atoms with E-state index in [0.717, 1.165) is 42.4 Å². The molecule has 0 heterocycles. The van der Waals surface area contributed by atoms with Crippen LogP contribution in [-0.4, -0.2) is 27.1 Å². The Hall–Kier alpha value is -2.26. The van der Waals surface area contributed by atoms with Crippen molar-refractivity contribution in [1.82, 2.24) is 5.32 Å². The first-order chi connectivity index (χ1) is 14.0. The van der Waals surface area contributed by atoms with Crippen molar-refractivity contribution in [1.29, 1.82) is 0 Å². The number of benzene rings is 2. The number of fused-ring (bicyclic) bond motifs is 1. The van der Waals surface area contributed by atoms with E-state index in [9.17, 15) is 26.4 Å². The third kappa shape index (κ3) is 5.07. The highest BCUT2D eigenvalue weighted by Gasteiger charge is 2.33. The summed E-state index contributed by atoms with van der Waals surface area (Å²) >= 11 is 5.98. The smallest absolute Gasteiger partial charge is 0.348 e. The molecule has 3 rings (SSSR count). The maximum Gasteiger partial charge on any atom is 0.416 e. The fourth-order valence-corrected chi connectivity index (χ4v) is 4.67. The van der Waals surface area contributed by atoms with Crippen LogP contribution in [0.3, 0.4) is 0 Å². The Bertz CT molecular complexity index is 1060. The molecule has 0 saturated carbocycles. The zero-order valence-electron chi connectivity index (χ0n) is 16.0. The lowest BCUT2D eigenvalue weighted by Gasteiger charge is -2.28. The van der Waals surface area contributed by atoms with E-state index in [1.165, 1.54) is 0 Å². The van der Waals surface area contributed by atoms with Gasteiger partial charge in [0.25, 0.3) is 0 Å². The van der Waals surface area contributed by atoms with Crippen molar-refractivity contribution >= 4 is 33.2 Å². The van der Waals surface area contributed by atoms with E-state index in [-0.39, 0.29) is 11.1 Å². The summed E-state index contributed by atoms with van der Waals surface area (Å²) in [6.45, 7) is -0.682. The summed E-state index contributed by atoms with van der Waals surface area (Å²) in [5, 5.41) is 2.60. The molecule has 0 unspecified atom stereocenters. The average Bonchev–Trinajstić information content (AvgIpc) is 2.65. The van der Waals surface area contributed by atoms with E-state index in [1.807, 2.05) is 24.3 Å². The fourth-order valence-electron chi connectivity index (χ4n) is 3.54. The summed E-state index contributed by atoms with van der Waals surface area (Å²) in [5.74, 6) is -0.629. The Morgan fingerprint density at radius 2 is 1.93 bits per heavy atom. The Morgan fingerprint density at radius 3 is 2.60 bits per heavy atom. The van der Waals surface area contributed by atoms with Crippen molar-refractivity contribution in [3.8, 4) is 0 Å². The SMILES string of the molecule is CS(=O)(=O)N(CC(=O)N[C@@H]1CCCc2ccccc21)c1cc(C(F)(F)F)ccc1Cl. The normalized spacial score (nSPS) is 16.6. The molecular formula is C20H20ClF3N2O3S. The van der Waals surface area contributed by atoms with Crippen LogP contribution in [-0.2, 0) is 27.4 Å². The van der Waals surface area contributed by atoms with Crippen molar-refractivity contribution in [2.24, 2.45) is 0 Å². The summed E-state index contributed by atoms with van der Waals surface area (Å²) in [6.07, 6.45) is -1.44. The third-order valence-electron chi connectivity index (χ3n) is 4.93. The zero-order valence-corrected chi connectivity index (χ0v) is 17.6. The van der Waals surface area contributed by atoms with Crippen LogP contribution in [0.25, 0.3) is 0 Å². The van der Waals surface area contributed by atoms with E-state index in [1.54, 1.807) is 0 Å². The molecule has 2 aromatic rings. The van der Waals surface area contributed by atoms with Crippen molar-refractivity contribution in [3.63, 3.8) is 0 Å². The minimum absolute atomic E-state index is 0.204. The van der Waals surface area contributed by atoms with Crippen molar-refractivity contribution in [3.05, 3.63) is 64.2 Å². The Kier molecular flexibility index (Phi) is 6.33. The number of nitrogens with one attached hydrogen (secondary N) is 1. The van der Waals surface area contributed by atoms with E-state index >= 15 is 0 Å². The van der Waals surface area contributed by atoms with E-state index < -0.39 is 39.9 Å². The lowest BCUT2D eigenvalue weighted by Crippen LogP contribution is -2.42. The molecule has 1 N–H and O–H groups in total. The number of hydrogen-bond acceptors (Lipinski definition) is 3. The van der Waals surface area contributed by atoms with Crippen molar-refractivity contribution < 1.29 is 26.4 Å². The Labute approximate surface area is 177 Å². The summed E-state index contributed by atoms with van der Waals surface area (Å²) in [6, 6.07) is 9.70. The maximum atomic E-state index is 13.1. The Balaban J connectivity index is 1.86. The van der Waals surface area contributed by atoms with Crippen LogP contribution in [0, 0.1) is 0 Å². The van der Waals surface area contributed by atoms with Gasteiger partial charge < -0.3 is 5.32 Å². The van der Waals surface area contributed by atoms with Gasteiger partial charge in [0.05, 0.1) is 28.6 Å². The first-order valence-corrected chi connectivity index (χ1v) is 11.4. The third-order valence-corrected chi connectivity index (χ3v) is 6.38. The fraction of sp³-hybridized carbons (Fsp3) is 0.350. The molecule has 0 bridgehead atoms. The van der Waals surface area contributed by atoms with E-state index in [0.29, 0.717) is 16.8 Å². The molecule has 0 saturated heterocycles. The highest BCUT2D eigenvalue weighted by atomic mass is 35.5. The number of carbonyl (C=O) groups excluding carboxylic acids is 1. The number of rotatable bonds is 5. The van der Waals surface area contributed by atoms with Gasteiger partial charge in [-0.25, -0.2) is 8.42 Å². The minimum atomic E-state index is -4.68. The molecular weight excluding hydrogens is 441 g/mol. The molecule has 1 amide bonds. The zero-order chi connectivity index (χ0) is 22.1. The Morgan fingerprint density at radius 1 is 1.23 bits per heavy atom. The van der Waals surface area contributed by atoms with E-state index in [2.05, 4.69) is 5.32 Å². The number of halogens is 4. The quantitative estimate of drug-likeness (QED) is 0.722. The lowest BCUT2D eigenvalue weighted by atomic mass is 9.88. The van der Waals surface area contributed by atoms with Crippen molar-refractivity contribution in [2.45, 2.75) is 31.5 Å². The monoisotopic (exact) mass is 460 g/mol. The molecule has 1 aliphatic rings. The molecule has 10 heteroatoms. The van der Waals surface area contributed by atoms with Crippen LogP contribution in [0.5, 0.6) is 0 Å². The number of nitrogens with zero attached hydrogens (tertiary/aromatic N) is 1. The van der Waals surface area contributed by atoms with Crippen molar-refractivity contribution in [2.75, 3.05) is 17.1 Å². The number of carbonyl (C=O) groups is 1. The first kappa shape index (κ1) is 22.4. The predicted octanol–water partition coefficient (Wildman–Crippen LogP) is 4.32. The van der Waals surface area contributed by atoms with Gasteiger partial charge in [0.1, 0.15) is 6.54 Å². The maximum absolute atomic E-state index is 13.1. The number of amides is 1. The number of sulfonamides is 1. The first-order valence-electron chi connectivity index (χ1n) is 9.18. The molecule has 0 fully saturated rings. The number of hydrogen-bond donors (Lipinski definition) is 1. The highest BCUT2D eigenvalue weighted by molar-refractivity contribution is 7.92. The van der Waals surface area contributed by atoms with Gasteiger partial charge in [0, 0.05) is 0 Å². The lowest BCUT2D eigenvalue weighted by molar-refractivity contribution is -0.137. The second-order valence-electron chi connectivity index (χ2n) is 7.14. The van der Waals surface area contributed by atoms with Gasteiger partial charge >= 0.3 is 6.18 Å². The molecule has 1 atom stereocenters. The molecule has 2 aromatic carbocycles. The summed E-state index contributed by atoms with van der Waals surface area (Å²) in [7, 11) is -4.08. The van der Waals surface area contributed by atoms with Gasteiger partial charge in [0.2, 0.25) is 15.9 Å². The van der Waals surface area contributed by atoms with Crippen LogP contribution < -0.4 is 9.62 Å². The van der Waals surface area contributed by atoms with Gasteiger partial charge in [-0.05, 0) is 48.6 Å². The summed E-state index contributed by atoms with van der Waals surface area (Å²) in [4.78, 5) is 12.7. The molecule has 0 aliphatic heterocycles. The molecule has 162 valence electrons. The largest absolute Gasteiger partial charge is 0.416 e. The van der Waals surface area contributed by atoms with Gasteiger partial charge in [-0.3, -0.25) is 9.10 Å². The number of alkyl halides is 3. The second-order valence-corrected chi connectivity index (χ2v) is 9.46. The van der Waals surface area contributed by atoms with Crippen LogP contribution in [0.2, 0.25) is 5.02 Å². The average molecular weight is 461 g/mol. The molecule has 0 aromatic heterocycles. The van der Waals surface area contributed by atoms with Crippen LogP contribution in [0.4, 0.5) is 18.9 Å². The number of aryl methyl sites for hydroxylation is 1. The molecule has 0 radical (unpaired) electrons. The molecule has 1 aliphatic carbocycles. The minimum Gasteiger partial charge on any atom is -0.348 e. The van der Waals surface area contributed by atoms with Crippen LogP contribution >= 0.6 is 11.6 Å². The topological polar surface area (TPSA) is 66.5 Å². The van der Waals surface area contributed by atoms with Gasteiger partial charge in [-0.1, -0.05) is 35.9 Å².